The molecule has 0 aliphatic carbocycles. The highest BCUT2D eigenvalue weighted by atomic mass is 16.6. The molecule has 0 aliphatic rings. The molecule has 0 spiro atoms. The van der Waals surface area contributed by atoms with Gasteiger partial charge in [0.2, 0.25) is 6.20 Å². The molecule has 0 bridgehead atoms. The summed E-state index contributed by atoms with van der Waals surface area (Å²) in [4.78, 5) is 13.4. The summed E-state index contributed by atoms with van der Waals surface area (Å²) >= 11 is 0. The molecular formula is C8H8N2O3. The Morgan fingerprint density at radius 1 is 1.69 bits per heavy atom. The molecule has 0 atom stereocenters. The first-order valence-electron chi connectivity index (χ1n) is 3.54. The number of nitro groups is 1. The average Bonchev–Trinajstić information content (AvgIpc) is 2.15. The molecule has 13 heavy (non-hydrogen) atoms. The molecule has 0 aliphatic heterocycles. The summed E-state index contributed by atoms with van der Waals surface area (Å²) in [5.74, 6) is 0.514. The highest BCUT2D eigenvalue weighted by Crippen LogP contribution is 2.15. The van der Waals surface area contributed by atoms with Gasteiger partial charge >= 0.3 is 0 Å². The zero-order valence-electron chi connectivity index (χ0n) is 7.01. The molecule has 0 unspecified atom stereocenters. The predicted molar refractivity (Wildman–Crippen MR) is 46.8 cm³/mol. The summed E-state index contributed by atoms with van der Waals surface area (Å²) < 4.78 is 4.94. The Morgan fingerprint density at radius 3 is 3.08 bits per heavy atom. The van der Waals surface area contributed by atoms with Gasteiger partial charge in [-0.05, 0) is 12.1 Å². The number of pyridine rings is 1. The van der Waals surface area contributed by atoms with Gasteiger partial charge in [0.25, 0.3) is 0 Å². The van der Waals surface area contributed by atoms with Gasteiger partial charge in [0.05, 0.1) is 12.0 Å². The van der Waals surface area contributed by atoms with Crippen molar-refractivity contribution in [2.75, 3.05) is 7.11 Å². The quantitative estimate of drug-likeness (QED) is 0.520. The molecule has 0 radical (unpaired) electrons. The molecule has 5 heteroatoms. The smallest absolute Gasteiger partial charge is 0.236 e. The van der Waals surface area contributed by atoms with E-state index in [1.807, 2.05) is 0 Å². The van der Waals surface area contributed by atoms with E-state index in [0.29, 0.717) is 11.4 Å². The molecule has 1 heterocycles. The summed E-state index contributed by atoms with van der Waals surface area (Å²) in [6.45, 7) is 0. The standard InChI is InChI=1S/C8H8N2O3/c1-13-8-3-2-5-9-7(8)4-6-10(11)12/h2-6H,1H3/b6-4+. The van der Waals surface area contributed by atoms with Crippen LogP contribution < -0.4 is 4.74 Å². The third kappa shape index (κ3) is 2.55. The molecule has 0 N–H and O–H groups in total. The van der Waals surface area contributed by atoms with Gasteiger partial charge in [-0.1, -0.05) is 0 Å². The molecule has 0 amide bonds. The lowest BCUT2D eigenvalue weighted by Gasteiger charge is -2.00. The van der Waals surface area contributed by atoms with Crippen LogP contribution in [0.15, 0.2) is 24.5 Å². The molecule has 0 saturated heterocycles. The van der Waals surface area contributed by atoms with E-state index in [1.54, 1.807) is 18.3 Å². The number of rotatable bonds is 3. The zero-order valence-corrected chi connectivity index (χ0v) is 7.01. The molecule has 68 valence electrons. The van der Waals surface area contributed by atoms with Gasteiger partial charge < -0.3 is 4.74 Å². The van der Waals surface area contributed by atoms with Crippen LogP contribution in [0.1, 0.15) is 5.69 Å². The highest BCUT2D eigenvalue weighted by molar-refractivity contribution is 5.51. The maximum Gasteiger partial charge on any atom is 0.236 e. The summed E-state index contributed by atoms with van der Waals surface area (Å²) in [6, 6.07) is 3.38. The van der Waals surface area contributed by atoms with Crippen LogP contribution in [0.25, 0.3) is 6.08 Å². The molecule has 0 aromatic carbocycles. The van der Waals surface area contributed by atoms with E-state index < -0.39 is 4.92 Å². The molecule has 0 fully saturated rings. The number of methoxy groups -OCH3 is 1. The Balaban J connectivity index is 2.93. The van der Waals surface area contributed by atoms with E-state index in [2.05, 4.69) is 4.98 Å². The SMILES string of the molecule is COc1cccnc1/C=C/[N+](=O)[O-]. The molecule has 1 aromatic heterocycles. The van der Waals surface area contributed by atoms with Gasteiger partial charge in [0.15, 0.2) is 0 Å². The fraction of sp³-hybridized carbons (Fsp3) is 0.125. The normalized spacial score (nSPS) is 10.2. The van der Waals surface area contributed by atoms with E-state index in [1.165, 1.54) is 13.2 Å². The maximum absolute atomic E-state index is 10.0. The van der Waals surface area contributed by atoms with Crippen LogP contribution in [0.3, 0.4) is 0 Å². The van der Waals surface area contributed by atoms with E-state index in [0.717, 1.165) is 6.20 Å². The second-order valence-corrected chi connectivity index (χ2v) is 2.19. The summed E-state index contributed by atoms with van der Waals surface area (Å²) in [5.41, 5.74) is 0.446. The molecule has 0 saturated carbocycles. The minimum Gasteiger partial charge on any atom is -0.494 e. The minimum atomic E-state index is -0.548. The van der Waals surface area contributed by atoms with Crippen molar-refractivity contribution in [3.05, 3.63) is 40.3 Å². The first kappa shape index (κ1) is 9.18. The Labute approximate surface area is 74.8 Å². The Bertz CT molecular complexity index is 336. The molecular weight excluding hydrogens is 172 g/mol. The van der Waals surface area contributed by atoms with Crippen LogP contribution in [0.5, 0.6) is 5.75 Å². The van der Waals surface area contributed by atoms with Crippen molar-refractivity contribution >= 4 is 6.08 Å². The minimum absolute atomic E-state index is 0.446. The van der Waals surface area contributed by atoms with E-state index in [4.69, 9.17) is 4.74 Å². The number of hydrogen-bond acceptors (Lipinski definition) is 4. The summed E-state index contributed by atoms with van der Waals surface area (Å²) in [5, 5.41) is 10.0. The van der Waals surface area contributed by atoms with E-state index in [9.17, 15) is 10.1 Å². The van der Waals surface area contributed by atoms with Crippen molar-refractivity contribution in [3.8, 4) is 5.75 Å². The number of hydrogen-bond donors (Lipinski definition) is 0. The molecule has 1 aromatic rings. The van der Waals surface area contributed by atoms with Crippen LogP contribution in [0.4, 0.5) is 0 Å². The van der Waals surface area contributed by atoms with E-state index >= 15 is 0 Å². The third-order valence-electron chi connectivity index (χ3n) is 1.37. The average molecular weight is 180 g/mol. The lowest BCUT2D eigenvalue weighted by Crippen LogP contribution is -1.90. The Kier molecular flexibility index (Phi) is 2.97. The fourth-order valence-electron chi connectivity index (χ4n) is 0.832. The first-order chi connectivity index (χ1) is 6.24. The molecule has 1 rings (SSSR count). The highest BCUT2D eigenvalue weighted by Gasteiger charge is 1.99. The van der Waals surface area contributed by atoms with Gasteiger partial charge in [0.1, 0.15) is 11.4 Å². The van der Waals surface area contributed by atoms with Gasteiger partial charge in [0, 0.05) is 12.3 Å². The van der Waals surface area contributed by atoms with Crippen molar-refractivity contribution in [2.45, 2.75) is 0 Å². The lowest BCUT2D eigenvalue weighted by atomic mass is 10.3. The van der Waals surface area contributed by atoms with Crippen molar-refractivity contribution in [3.63, 3.8) is 0 Å². The second kappa shape index (κ2) is 4.20. The summed E-state index contributed by atoms with van der Waals surface area (Å²) in [6.07, 6.45) is 3.66. The topological polar surface area (TPSA) is 65.3 Å². The fourth-order valence-corrected chi connectivity index (χ4v) is 0.832. The summed E-state index contributed by atoms with van der Waals surface area (Å²) in [7, 11) is 1.49. The van der Waals surface area contributed by atoms with Crippen LogP contribution in [-0.4, -0.2) is 17.0 Å². The monoisotopic (exact) mass is 180 g/mol. The zero-order chi connectivity index (χ0) is 9.68. The van der Waals surface area contributed by atoms with Crippen LogP contribution in [0.2, 0.25) is 0 Å². The van der Waals surface area contributed by atoms with Crippen LogP contribution in [0, 0.1) is 10.1 Å². The first-order valence-corrected chi connectivity index (χ1v) is 3.54. The maximum atomic E-state index is 10.0. The van der Waals surface area contributed by atoms with Gasteiger partial charge in [-0.3, -0.25) is 15.1 Å². The van der Waals surface area contributed by atoms with Crippen LogP contribution in [-0.2, 0) is 0 Å². The van der Waals surface area contributed by atoms with Crippen molar-refractivity contribution in [2.24, 2.45) is 0 Å². The number of nitrogens with zero attached hydrogens (tertiary/aromatic N) is 2. The third-order valence-corrected chi connectivity index (χ3v) is 1.37. The van der Waals surface area contributed by atoms with Crippen molar-refractivity contribution in [1.29, 1.82) is 0 Å². The van der Waals surface area contributed by atoms with Gasteiger partial charge in [-0.25, -0.2) is 0 Å². The number of aromatic nitrogens is 1. The predicted octanol–water partition coefficient (Wildman–Crippen LogP) is 1.34. The van der Waals surface area contributed by atoms with Crippen molar-refractivity contribution in [1.82, 2.24) is 4.98 Å². The van der Waals surface area contributed by atoms with Gasteiger partial charge in [-0.2, -0.15) is 0 Å². The van der Waals surface area contributed by atoms with Gasteiger partial charge in [-0.15, -0.1) is 0 Å². The number of ether oxygens (including phenoxy) is 1. The van der Waals surface area contributed by atoms with Crippen LogP contribution >= 0.6 is 0 Å². The van der Waals surface area contributed by atoms with E-state index in [-0.39, 0.29) is 0 Å². The second-order valence-electron chi connectivity index (χ2n) is 2.19. The lowest BCUT2D eigenvalue weighted by molar-refractivity contribution is -0.401. The Hall–Kier alpha value is -1.91. The molecule has 5 nitrogen and oxygen atoms in total. The largest absolute Gasteiger partial charge is 0.494 e. The Morgan fingerprint density at radius 2 is 2.46 bits per heavy atom. The van der Waals surface area contributed by atoms with Crippen molar-refractivity contribution < 1.29 is 9.66 Å².